The van der Waals surface area contributed by atoms with E-state index in [9.17, 15) is 13.6 Å². The summed E-state index contributed by atoms with van der Waals surface area (Å²) in [6.45, 7) is 3.57. The topological polar surface area (TPSA) is 41.1 Å². The summed E-state index contributed by atoms with van der Waals surface area (Å²) < 4.78 is 26.5. The Labute approximate surface area is 142 Å². The van der Waals surface area contributed by atoms with Crippen LogP contribution in [0, 0.1) is 11.6 Å². The van der Waals surface area contributed by atoms with Crippen LogP contribution >= 0.6 is 12.4 Å². The number of nitrogens with one attached hydrogen (secondary N) is 2. The average molecular weight is 347 g/mol. The fourth-order valence-electron chi connectivity index (χ4n) is 2.97. The Kier molecular flexibility index (Phi) is 8.48. The minimum atomic E-state index is -0.835. The molecule has 0 bridgehead atoms. The van der Waals surface area contributed by atoms with E-state index < -0.39 is 11.6 Å². The van der Waals surface area contributed by atoms with Crippen LogP contribution in [0.5, 0.6) is 0 Å². The molecule has 0 aliphatic carbocycles. The van der Waals surface area contributed by atoms with Crippen molar-refractivity contribution in [2.45, 2.75) is 51.0 Å². The summed E-state index contributed by atoms with van der Waals surface area (Å²) in [6, 6.07) is 3.95. The molecule has 130 valence electrons. The second kappa shape index (κ2) is 9.83. The van der Waals surface area contributed by atoms with E-state index in [2.05, 4.69) is 17.6 Å². The van der Waals surface area contributed by atoms with Crippen LogP contribution in [-0.2, 0) is 4.79 Å². The number of rotatable bonds is 6. The van der Waals surface area contributed by atoms with Gasteiger partial charge in [-0.3, -0.25) is 4.79 Å². The molecule has 2 unspecified atom stereocenters. The molecule has 0 saturated carbocycles. The van der Waals surface area contributed by atoms with Crippen molar-refractivity contribution >= 4 is 18.3 Å². The standard InChI is InChI=1S/C17H24F2N2O.ClH/c1-2-3-4-5-17(22)21-16-11-20-9-8-13(16)12-6-7-14(18)15(19)10-12;/h6-7,10,13,16,20H,2-5,8-9,11H2,1H3,(H,21,22);1H. The lowest BCUT2D eigenvalue weighted by atomic mass is 9.86. The second-order valence-corrected chi connectivity index (χ2v) is 5.90. The summed E-state index contributed by atoms with van der Waals surface area (Å²) in [4.78, 5) is 12.0. The van der Waals surface area contributed by atoms with Crippen LogP contribution in [0.25, 0.3) is 0 Å². The molecule has 1 aliphatic heterocycles. The molecule has 1 aromatic rings. The second-order valence-electron chi connectivity index (χ2n) is 5.90. The highest BCUT2D eigenvalue weighted by Crippen LogP contribution is 2.27. The molecule has 3 nitrogen and oxygen atoms in total. The van der Waals surface area contributed by atoms with Gasteiger partial charge in [0, 0.05) is 24.9 Å². The maximum atomic E-state index is 13.5. The van der Waals surface area contributed by atoms with E-state index in [0.29, 0.717) is 13.0 Å². The first-order valence-electron chi connectivity index (χ1n) is 8.07. The van der Waals surface area contributed by atoms with E-state index in [0.717, 1.165) is 43.9 Å². The van der Waals surface area contributed by atoms with E-state index in [1.807, 2.05) is 0 Å². The zero-order valence-electron chi connectivity index (χ0n) is 13.4. The highest BCUT2D eigenvalue weighted by Gasteiger charge is 2.28. The first-order chi connectivity index (χ1) is 10.6. The number of piperidine rings is 1. The Balaban J connectivity index is 0.00000264. The number of hydrogen-bond donors (Lipinski definition) is 2. The molecule has 1 heterocycles. The van der Waals surface area contributed by atoms with Gasteiger partial charge >= 0.3 is 0 Å². The van der Waals surface area contributed by atoms with Gasteiger partial charge in [-0.05, 0) is 37.1 Å². The van der Waals surface area contributed by atoms with E-state index in [1.54, 1.807) is 6.07 Å². The monoisotopic (exact) mass is 346 g/mol. The van der Waals surface area contributed by atoms with Crippen LogP contribution in [-0.4, -0.2) is 25.0 Å². The van der Waals surface area contributed by atoms with Crippen LogP contribution in [0.4, 0.5) is 8.78 Å². The average Bonchev–Trinajstić information content (AvgIpc) is 2.51. The van der Waals surface area contributed by atoms with Crippen molar-refractivity contribution in [3.63, 3.8) is 0 Å². The molecular weight excluding hydrogens is 322 g/mol. The van der Waals surface area contributed by atoms with Crippen LogP contribution in [0.1, 0.15) is 50.5 Å². The third-order valence-corrected chi connectivity index (χ3v) is 4.21. The van der Waals surface area contributed by atoms with Crippen molar-refractivity contribution in [3.05, 3.63) is 35.4 Å². The SMILES string of the molecule is CCCCCC(=O)NC1CNCCC1c1ccc(F)c(F)c1.Cl. The van der Waals surface area contributed by atoms with Crippen molar-refractivity contribution < 1.29 is 13.6 Å². The Hall–Kier alpha value is -1.20. The first kappa shape index (κ1) is 19.8. The molecule has 2 atom stereocenters. The molecule has 2 rings (SSSR count). The normalized spacial score (nSPS) is 20.7. The summed E-state index contributed by atoms with van der Waals surface area (Å²) in [5, 5.41) is 6.29. The smallest absolute Gasteiger partial charge is 0.220 e. The maximum absolute atomic E-state index is 13.5. The van der Waals surface area contributed by atoms with Crippen molar-refractivity contribution in [2.24, 2.45) is 0 Å². The zero-order valence-corrected chi connectivity index (χ0v) is 14.2. The molecule has 1 aromatic carbocycles. The quantitative estimate of drug-likeness (QED) is 0.774. The summed E-state index contributed by atoms with van der Waals surface area (Å²) in [7, 11) is 0. The van der Waals surface area contributed by atoms with Gasteiger partial charge in [-0.1, -0.05) is 25.8 Å². The van der Waals surface area contributed by atoms with E-state index >= 15 is 0 Å². The molecule has 0 radical (unpaired) electrons. The predicted molar refractivity (Wildman–Crippen MR) is 89.9 cm³/mol. The largest absolute Gasteiger partial charge is 0.351 e. The van der Waals surface area contributed by atoms with Crippen molar-refractivity contribution in [1.29, 1.82) is 0 Å². The van der Waals surface area contributed by atoms with E-state index in [-0.39, 0.29) is 30.3 Å². The number of unbranched alkanes of at least 4 members (excludes halogenated alkanes) is 2. The number of halogens is 3. The van der Waals surface area contributed by atoms with Gasteiger partial charge in [0.05, 0.1) is 0 Å². The lowest BCUT2D eigenvalue weighted by Gasteiger charge is -2.33. The molecule has 0 aromatic heterocycles. The molecule has 6 heteroatoms. The Bertz CT molecular complexity index is 513. The predicted octanol–water partition coefficient (Wildman–Crippen LogP) is 3.53. The molecule has 1 saturated heterocycles. The van der Waals surface area contributed by atoms with Crippen molar-refractivity contribution in [2.75, 3.05) is 13.1 Å². The summed E-state index contributed by atoms with van der Waals surface area (Å²) >= 11 is 0. The van der Waals surface area contributed by atoms with Crippen LogP contribution in [0.3, 0.4) is 0 Å². The minimum Gasteiger partial charge on any atom is -0.351 e. The molecule has 23 heavy (non-hydrogen) atoms. The fourth-order valence-corrected chi connectivity index (χ4v) is 2.97. The summed E-state index contributed by atoms with van der Waals surface area (Å²) in [5.74, 6) is -1.61. The molecule has 1 fully saturated rings. The molecule has 2 N–H and O–H groups in total. The molecule has 0 spiro atoms. The highest BCUT2D eigenvalue weighted by molar-refractivity contribution is 5.85. The lowest BCUT2D eigenvalue weighted by Crippen LogP contribution is -2.50. The van der Waals surface area contributed by atoms with Crippen molar-refractivity contribution in [1.82, 2.24) is 10.6 Å². The number of benzene rings is 1. The Morgan fingerprint density at radius 2 is 2.09 bits per heavy atom. The number of amides is 1. The number of carbonyl (C=O) groups excluding carboxylic acids is 1. The van der Waals surface area contributed by atoms with Gasteiger partial charge in [0.25, 0.3) is 0 Å². The maximum Gasteiger partial charge on any atom is 0.220 e. The number of hydrogen-bond acceptors (Lipinski definition) is 2. The van der Waals surface area contributed by atoms with Gasteiger partial charge < -0.3 is 10.6 Å². The van der Waals surface area contributed by atoms with Crippen LogP contribution < -0.4 is 10.6 Å². The van der Waals surface area contributed by atoms with Gasteiger partial charge in [0.15, 0.2) is 11.6 Å². The summed E-state index contributed by atoms with van der Waals surface area (Å²) in [6.07, 6.45) is 4.33. The molecule has 1 aliphatic rings. The number of carbonyl (C=O) groups is 1. The van der Waals surface area contributed by atoms with E-state index in [1.165, 1.54) is 6.07 Å². The van der Waals surface area contributed by atoms with Gasteiger partial charge in [0.1, 0.15) is 0 Å². The van der Waals surface area contributed by atoms with Gasteiger partial charge in [-0.15, -0.1) is 12.4 Å². The lowest BCUT2D eigenvalue weighted by molar-refractivity contribution is -0.122. The summed E-state index contributed by atoms with van der Waals surface area (Å²) in [5.41, 5.74) is 0.749. The van der Waals surface area contributed by atoms with Gasteiger partial charge in [-0.25, -0.2) is 8.78 Å². The Morgan fingerprint density at radius 3 is 2.78 bits per heavy atom. The van der Waals surface area contributed by atoms with Gasteiger partial charge in [-0.2, -0.15) is 0 Å². The van der Waals surface area contributed by atoms with Gasteiger partial charge in [0.2, 0.25) is 5.91 Å². The Morgan fingerprint density at radius 1 is 1.30 bits per heavy atom. The third-order valence-electron chi connectivity index (χ3n) is 4.21. The third kappa shape index (κ3) is 5.74. The highest BCUT2D eigenvalue weighted by atomic mass is 35.5. The molecule has 1 amide bonds. The fraction of sp³-hybridized carbons (Fsp3) is 0.588. The van der Waals surface area contributed by atoms with Crippen LogP contribution in [0.15, 0.2) is 18.2 Å². The van der Waals surface area contributed by atoms with E-state index in [4.69, 9.17) is 0 Å². The van der Waals surface area contributed by atoms with Crippen molar-refractivity contribution in [3.8, 4) is 0 Å². The zero-order chi connectivity index (χ0) is 15.9. The molecular formula is C17H25ClF2N2O. The van der Waals surface area contributed by atoms with Crippen LogP contribution in [0.2, 0.25) is 0 Å². The minimum absolute atomic E-state index is 0. The first-order valence-corrected chi connectivity index (χ1v) is 8.07.